The fraction of sp³-hybridized carbons (Fsp3) is 0.778. The molecule has 3 N–H and O–H groups in total. The van der Waals surface area contributed by atoms with Crippen LogP contribution in [0.15, 0.2) is 60.7 Å². The molecule has 7 heteroatoms. The van der Waals surface area contributed by atoms with Crippen LogP contribution in [0, 0.1) is 47.3 Å². The average molecular weight is 1120 g/mol. The molecule has 0 bridgehead atoms. The molecule has 4 rings (SSSR count). The van der Waals surface area contributed by atoms with Gasteiger partial charge in [0.05, 0.1) is 6.04 Å². The number of carbonyl (C=O) groups excluding carboxylic acids is 4. The number of benzene rings is 2. The SMILES string of the molecule is CC(C)[C@@H]1CC[C@@H](C)C[C@H]1C(=O)CC[C@@H](N)c1ccccc1.CCCCCCCCCCCCCCCC(=O)Cl.CCCCCCCCCCCCCCCC(=O)N[C@H](CCC(=O)[C@@H]1C[C@H](C)CC[C@H]1C(C)C)c1ccccc1. The summed E-state index contributed by atoms with van der Waals surface area (Å²) in [4.78, 5) is 49.5. The smallest absolute Gasteiger partial charge is 0.221 e. The molecular weight excluding hydrogens is 992 g/mol. The van der Waals surface area contributed by atoms with Crippen molar-refractivity contribution in [3.63, 3.8) is 0 Å². The maximum absolute atomic E-state index is 13.4. The number of nitrogens with two attached hydrogens (primary N) is 1. The van der Waals surface area contributed by atoms with Crippen molar-refractivity contribution in [3.05, 3.63) is 71.8 Å². The largest absolute Gasteiger partial charge is 0.349 e. The number of unbranched alkanes of at least 4 members (excludes halogenated alkanes) is 24. The van der Waals surface area contributed by atoms with Crippen LogP contribution in [0.5, 0.6) is 0 Å². The van der Waals surface area contributed by atoms with E-state index in [1.807, 2.05) is 36.4 Å². The Morgan fingerprint density at radius 2 is 0.810 bits per heavy atom. The molecule has 452 valence electrons. The molecule has 2 aliphatic rings. The quantitative estimate of drug-likeness (QED) is 0.0510. The molecule has 8 atom stereocenters. The summed E-state index contributed by atoms with van der Waals surface area (Å²) in [6, 6.07) is 20.2. The number of hydrogen-bond acceptors (Lipinski definition) is 5. The number of halogens is 1. The Morgan fingerprint density at radius 1 is 0.468 bits per heavy atom. The van der Waals surface area contributed by atoms with E-state index in [1.165, 1.54) is 167 Å². The predicted molar refractivity (Wildman–Crippen MR) is 340 cm³/mol. The molecule has 2 aromatic carbocycles. The van der Waals surface area contributed by atoms with E-state index < -0.39 is 0 Å². The minimum absolute atomic E-state index is 0.0244. The Balaban J connectivity index is 0.000000449. The second kappa shape index (κ2) is 46.6. The van der Waals surface area contributed by atoms with E-state index >= 15 is 0 Å². The summed E-state index contributed by atoms with van der Waals surface area (Å²) in [5.74, 6) is 4.98. The van der Waals surface area contributed by atoms with Crippen molar-refractivity contribution in [1.29, 1.82) is 0 Å². The first-order valence-corrected chi connectivity index (χ1v) is 33.9. The zero-order chi connectivity index (χ0) is 57.9. The van der Waals surface area contributed by atoms with Gasteiger partial charge in [0, 0.05) is 43.6 Å². The molecule has 0 radical (unpaired) electrons. The lowest BCUT2D eigenvalue weighted by Crippen LogP contribution is -2.34. The number of carbonyl (C=O) groups is 4. The van der Waals surface area contributed by atoms with Crippen LogP contribution in [0.25, 0.3) is 0 Å². The van der Waals surface area contributed by atoms with Crippen LogP contribution in [0.1, 0.15) is 323 Å². The maximum Gasteiger partial charge on any atom is 0.221 e. The van der Waals surface area contributed by atoms with Gasteiger partial charge in [0.15, 0.2) is 0 Å². The van der Waals surface area contributed by atoms with Gasteiger partial charge in [0.2, 0.25) is 11.1 Å². The molecule has 79 heavy (non-hydrogen) atoms. The third-order valence-corrected chi connectivity index (χ3v) is 18.2. The van der Waals surface area contributed by atoms with Gasteiger partial charge in [-0.05, 0) is 110 Å². The number of Topliss-reactive ketones (excluding diaryl/α,β-unsaturated/α-hetero) is 2. The molecular formula is C72H123ClN2O4. The molecule has 0 aromatic heterocycles. The second-order valence-electron chi connectivity index (χ2n) is 25.8. The molecule has 2 aromatic rings. The lowest BCUT2D eigenvalue weighted by molar-refractivity contribution is -0.128. The van der Waals surface area contributed by atoms with E-state index in [4.69, 9.17) is 17.3 Å². The maximum atomic E-state index is 13.4. The number of amides is 1. The highest BCUT2D eigenvalue weighted by atomic mass is 35.5. The number of ketones is 2. The Labute approximate surface area is 492 Å². The van der Waals surface area contributed by atoms with Crippen molar-refractivity contribution in [2.24, 2.45) is 53.1 Å². The van der Waals surface area contributed by atoms with E-state index in [2.05, 4.69) is 85.0 Å². The molecule has 2 aliphatic carbocycles. The number of nitrogens with one attached hydrogen (secondary N) is 1. The van der Waals surface area contributed by atoms with Crippen LogP contribution in [-0.4, -0.2) is 22.7 Å². The predicted octanol–water partition coefficient (Wildman–Crippen LogP) is 21.4. The van der Waals surface area contributed by atoms with Crippen LogP contribution in [0.3, 0.4) is 0 Å². The first kappa shape index (κ1) is 72.3. The van der Waals surface area contributed by atoms with E-state index in [-0.39, 0.29) is 35.1 Å². The lowest BCUT2D eigenvalue weighted by Gasteiger charge is -2.36. The molecule has 0 heterocycles. The highest BCUT2D eigenvalue weighted by Crippen LogP contribution is 2.41. The standard InChI is InChI=1S/C36H61NO2.C20H31NO.C16H31ClO/c1-5-6-7-8-9-10-11-12-13-14-15-16-20-23-36(39)37-34(31-21-18-17-19-22-31)26-27-35(38)33-28-30(4)24-25-32(33)29(2)3;1-14(2)17-10-9-15(3)13-18(17)20(22)12-11-19(21)16-7-5-4-6-8-16;1-2-3-4-5-6-7-8-9-10-11-12-13-14-15-16(17)18/h17-19,21-22,29-30,32-34H,5-16,20,23-28H2,1-4H3,(H,37,39);4-8,14-15,17-19H,9-13,21H2,1-3H3;2-15H2,1H3/t30-,32+,33-,34-;15-,17+,18-,19-;/m11./s1. The van der Waals surface area contributed by atoms with Gasteiger partial charge < -0.3 is 11.1 Å². The van der Waals surface area contributed by atoms with Crippen molar-refractivity contribution in [2.75, 3.05) is 0 Å². The van der Waals surface area contributed by atoms with Gasteiger partial charge in [-0.25, -0.2) is 0 Å². The minimum Gasteiger partial charge on any atom is -0.349 e. The lowest BCUT2D eigenvalue weighted by atomic mass is 9.68. The zero-order valence-corrected chi connectivity index (χ0v) is 53.3. The summed E-state index contributed by atoms with van der Waals surface area (Å²) >= 11 is 5.28. The van der Waals surface area contributed by atoms with Gasteiger partial charge in [0.25, 0.3) is 0 Å². The fourth-order valence-corrected chi connectivity index (χ4v) is 13.0. The van der Waals surface area contributed by atoms with E-state index in [1.54, 1.807) is 0 Å². The third-order valence-electron chi connectivity index (χ3n) is 18.0. The summed E-state index contributed by atoms with van der Waals surface area (Å²) in [7, 11) is 0. The molecule has 2 saturated carbocycles. The summed E-state index contributed by atoms with van der Waals surface area (Å²) in [6.45, 7) is 18.2. The van der Waals surface area contributed by atoms with Crippen molar-refractivity contribution in [3.8, 4) is 0 Å². The van der Waals surface area contributed by atoms with E-state index in [0.717, 1.165) is 56.1 Å². The van der Waals surface area contributed by atoms with Crippen LogP contribution >= 0.6 is 11.6 Å². The highest BCUT2D eigenvalue weighted by Gasteiger charge is 2.36. The van der Waals surface area contributed by atoms with Gasteiger partial charge in [-0.1, -0.05) is 283 Å². The molecule has 0 spiro atoms. The molecule has 0 unspecified atom stereocenters. The van der Waals surface area contributed by atoms with Crippen molar-refractivity contribution in [2.45, 2.75) is 311 Å². The van der Waals surface area contributed by atoms with E-state index in [0.29, 0.717) is 79.2 Å². The molecule has 6 nitrogen and oxygen atoms in total. The first-order chi connectivity index (χ1) is 38.2. The Morgan fingerprint density at radius 3 is 1.18 bits per heavy atom. The molecule has 0 saturated heterocycles. The molecule has 1 amide bonds. The Bertz CT molecular complexity index is 1800. The van der Waals surface area contributed by atoms with E-state index in [9.17, 15) is 19.2 Å². The van der Waals surface area contributed by atoms with Gasteiger partial charge in [-0.15, -0.1) is 0 Å². The fourth-order valence-electron chi connectivity index (χ4n) is 12.8. The summed E-state index contributed by atoms with van der Waals surface area (Å²) in [6.07, 6.45) is 45.2. The summed E-state index contributed by atoms with van der Waals surface area (Å²) in [5, 5.41) is 3.10. The number of hydrogen-bond donors (Lipinski definition) is 2. The minimum atomic E-state index is -0.182. The summed E-state index contributed by atoms with van der Waals surface area (Å²) in [5.41, 5.74) is 8.49. The average Bonchev–Trinajstić information content (AvgIpc) is 3.46. The van der Waals surface area contributed by atoms with Crippen LogP contribution in [0.2, 0.25) is 0 Å². The van der Waals surface area contributed by atoms with Gasteiger partial charge >= 0.3 is 0 Å². The van der Waals surface area contributed by atoms with Gasteiger partial charge in [-0.2, -0.15) is 0 Å². The monoisotopic (exact) mass is 1110 g/mol. The third kappa shape index (κ3) is 35.0. The first-order valence-electron chi connectivity index (χ1n) is 33.6. The molecule has 2 fully saturated rings. The number of rotatable bonds is 41. The van der Waals surface area contributed by atoms with Crippen molar-refractivity contribution < 1.29 is 19.2 Å². The van der Waals surface area contributed by atoms with Gasteiger partial charge in [0.1, 0.15) is 11.6 Å². The molecule has 0 aliphatic heterocycles. The highest BCUT2D eigenvalue weighted by molar-refractivity contribution is 6.63. The Kier molecular flexibility index (Phi) is 42.7. The van der Waals surface area contributed by atoms with Crippen LogP contribution in [-0.2, 0) is 19.2 Å². The Hall–Kier alpha value is -2.83. The topological polar surface area (TPSA) is 106 Å². The van der Waals surface area contributed by atoms with Crippen LogP contribution < -0.4 is 11.1 Å². The summed E-state index contributed by atoms with van der Waals surface area (Å²) < 4.78 is 0. The van der Waals surface area contributed by atoms with Crippen molar-refractivity contribution in [1.82, 2.24) is 5.32 Å². The van der Waals surface area contributed by atoms with Gasteiger partial charge in [-0.3, -0.25) is 19.2 Å². The normalized spacial score (nSPS) is 19.9. The van der Waals surface area contributed by atoms with Crippen molar-refractivity contribution >= 4 is 34.3 Å². The second-order valence-corrected chi connectivity index (χ2v) is 26.2. The van der Waals surface area contributed by atoms with Crippen LogP contribution in [0.4, 0.5) is 0 Å². The zero-order valence-electron chi connectivity index (χ0n) is 52.5.